The summed E-state index contributed by atoms with van der Waals surface area (Å²) < 4.78 is 35.6. The lowest BCUT2D eigenvalue weighted by Crippen LogP contribution is -2.37. The highest BCUT2D eigenvalue weighted by molar-refractivity contribution is 6.00. The molecule has 4 rings (SSSR count). The monoisotopic (exact) mass is 441 g/mol. The highest BCUT2D eigenvalue weighted by Gasteiger charge is 2.47. The standard InChI is InChI=1S/C26H29F2NO3/c1-4-5-11-32-20-9-10-22-21(13-20)23(17-7-6-8-18(12-17)25(30)31)24(16(2)3)29(22)19-14-26(27,28)15-19/h6-10,12-13,16,19H,4-5,11,14-15H2,1-3H3,(H,30,31). The van der Waals surface area contributed by atoms with Crippen LogP contribution in [-0.4, -0.2) is 28.2 Å². The van der Waals surface area contributed by atoms with E-state index in [-0.39, 0.29) is 30.4 Å². The van der Waals surface area contributed by atoms with Crippen LogP contribution in [0.25, 0.3) is 22.0 Å². The number of rotatable bonds is 8. The molecule has 0 saturated heterocycles. The third kappa shape index (κ3) is 4.10. The van der Waals surface area contributed by atoms with E-state index in [1.54, 1.807) is 18.2 Å². The molecule has 1 aliphatic carbocycles. The maximum atomic E-state index is 13.8. The molecule has 32 heavy (non-hydrogen) atoms. The molecule has 170 valence electrons. The summed E-state index contributed by atoms with van der Waals surface area (Å²) in [5, 5.41) is 10.4. The summed E-state index contributed by atoms with van der Waals surface area (Å²) in [5.41, 5.74) is 3.70. The predicted octanol–water partition coefficient (Wildman–Crippen LogP) is 7.28. The van der Waals surface area contributed by atoms with Gasteiger partial charge in [0.2, 0.25) is 0 Å². The summed E-state index contributed by atoms with van der Waals surface area (Å²) in [5.74, 6) is -2.84. The maximum absolute atomic E-state index is 13.8. The van der Waals surface area contributed by atoms with E-state index in [1.165, 1.54) is 0 Å². The van der Waals surface area contributed by atoms with E-state index in [0.717, 1.165) is 46.3 Å². The number of fused-ring (bicyclic) bond motifs is 1. The Hall–Kier alpha value is -2.89. The minimum absolute atomic E-state index is 0.0598. The number of aromatic nitrogens is 1. The molecule has 4 nitrogen and oxygen atoms in total. The number of ether oxygens (including phenoxy) is 1. The number of hydrogen-bond acceptors (Lipinski definition) is 2. The zero-order valence-electron chi connectivity index (χ0n) is 18.7. The van der Waals surface area contributed by atoms with Gasteiger partial charge < -0.3 is 14.4 Å². The van der Waals surface area contributed by atoms with Crippen molar-refractivity contribution in [2.75, 3.05) is 6.61 Å². The van der Waals surface area contributed by atoms with Crippen LogP contribution in [-0.2, 0) is 0 Å². The summed E-state index contributed by atoms with van der Waals surface area (Å²) in [6.45, 7) is 6.80. The quantitative estimate of drug-likeness (QED) is 0.374. The largest absolute Gasteiger partial charge is 0.494 e. The maximum Gasteiger partial charge on any atom is 0.335 e. The Morgan fingerprint density at radius 3 is 2.59 bits per heavy atom. The van der Waals surface area contributed by atoms with Crippen LogP contribution in [0.4, 0.5) is 8.78 Å². The highest BCUT2D eigenvalue weighted by atomic mass is 19.3. The molecule has 1 saturated carbocycles. The number of carbonyl (C=O) groups is 1. The first kappa shape index (κ1) is 22.3. The van der Waals surface area contributed by atoms with Crippen LogP contribution in [0.1, 0.15) is 74.5 Å². The molecule has 0 atom stereocenters. The molecule has 1 N–H and O–H groups in total. The average molecular weight is 442 g/mol. The van der Waals surface area contributed by atoms with Gasteiger partial charge in [-0.2, -0.15) is 0 Å². The van der Waals surface area contributed by atoms with E-state index in [4.69, 9.17) is 4.74 Å². The van der Waals surface area contributed by atoms with E-state index in [2.05, 4.69) is 11.5 Å². The number of benzene rings is 2. The molecule has 0 bridgehead atoms. The molecule has 6 heteroatoms. The number of unbranched alkanes of at least 4 members (excludes halogenated alkanes) is 1. The second-order valence-electron chi connectivity index (χ2n) is 8.97. The number of halogens is 2. The van der Waals surface area contributed by atoms with Crippen LogP contribution < -0.4 is 4.74 Å². The first-order valence-corrected chi connectivity index (χ1v) is 11.2. The summed E-state index contributed by atoms with van der Waals surface area (Å²) in [4.78, 5) is 11.6. The highest BCUT2D eigenvalue weighted by Crippen LogP contribution is 2.51. The first-order valence-electron chi connectivity index (χ1n) is 11.2. The van der Waals surface area contributed by atoms with Gasteiger partial charge in [0.05, 0.1) is 12.2 Å². The van der Waals surface area contributed by atoms with Gasteiger partial charge in [-0.3, -0.25) is 0 Å². The number of carboxylic acids is 1. The summed E-state index contributed by atoms with van der Waals surface area (Å²) in [6.07, 6.45) is 1.61. The van der Waals surface area contributed by atoms with E-state index < -0.39 is 11.9 Å². The lowest BCUT2D eigenvalue weighted by Gasteiger charge is -2.38. The molecule has 1 heterocycles. The average Bonchev–Trinajstić information content (AvgIpc) is 3.06. The van der Waals surface area contributed by atoms with Crippen LogP contribution in [0.5, 0.6) is 5.75 Å². The second kappa shape index (κ2) is 8.57. The van der Waals surface area contributed by atoms with Gasteiger partial charge >= 0.3 is 5.97 Å². The van der Waals surface area contributed by atoms with Gasteiger partial charge in [0.25, 0.3) is 5.92 Å². The molecule has 1 aliphatic rings. The van der Waals surface area contributed by atoms with Crippen LogP contribution in [0.3, 0.4) is 0 Å². The SMILES string of the molecule is CCCCOc1ccc2c(c1)c(-c1cccc(C(=O)O)c1)c(C(C)C)n2C1CC(F)(F)C1. The molecule has 0 aliphatic heterocycles. The minimum atomic E-state index is -2.64. The Labute approximate surface area is 186 Å². The molecule has 0 spiro atoms. The fourth-order valence-electron chi connectivity index (χ4n) is 4.62. The van der Waals surface area contributed by atoms with Gasteiger partial charge in [-0.15, -0.1) is 0 Å². The third-order valence-electron chi connectivity index (χ3n) is 6.16. The summed E-state index contributed by atoms with van der Waals surface area (Å²) in [7, 11) is 0. The van der Waals surface area contributed by atoms with Gasteiger partial charge in [-0.25, -0.2) is 13.6 Å². The Balaban J connectivity index is 1.94. The van der Waals surface area contributed by atoms with Crippen molar-refractivity contribution in [3.05, 3.63) is 53.7 Å². The lowest BCUT2D eigenvalue weighted by molar-refractivity contribution is -0.103. The zero-order valence-corrected chi connectivity index (χ0v) is 18.7. The number of carboxylic acid groups (broad SMARTS) is 1. The number of nitrogens with zero attached hydrogens (tertiary/aromatic N) is 1. The summed E-state index contributed by atoms with van der Waals surface area (Å²) in [6, 6.07) is 12.4. The fraction of sp³-hybridized carbons (Fsp3) is 0.423. The zero-order chi connectivity index (χ0) is 23.0. The molecule has 3 aromatic rings. The lowest BCUT2D eigenvalue weighted by atomic mass is 9.87. The fourth-order valence-corrected chi connectivity index (χ4v) is 4.62. The number of hydrogen-bond donors (Lipinski definition) is 1. The molecular formula is C26H29F2NO3. The van der Waals surface area contributed by atoms with Crippen molar-refractivity contribution in [3.8, 4) is 16.9 Å². The van der Waals surface area contributed by atoms with E-state index in [9.17, 15) is 18.7 Å². The summed E-state index contributed by atoms with van der Waals surface area (Å²) >= 11 is 0. The van der Waals surface area contributed by atoms with Crippen LogP contribution in [0.2, 0.25) is 0 Å². The normalized spacial score (nSPS) is 15.8. The van der Waals surface area contributed by atoms with E-state index in [0.29, 0.717) is 6.61 Å². The molecule has 0 unspecified atom stereocenters. The molecule has 0 radical (unpaired) electrons. The van der Waals surface area contributed by atoms with Gasteiger partial charge in [0, 0.05) is 41.0 Å². The van der Waals surface area contributed by atoms with Gasteiger partial charge in [0.1, 0.15) is 5.75 Å². The minimum Gasteiger partial charge on any atom is -0.494 e. The van der Waals surface area contributed by atoms with Crippen LogP contribution in [0, 0.1) is 0 Å². The van der Waals surface area contributed by atoms with Crippen molar-refractivity contribution in [2.45, 2.75) is 64.3 Å². The van der Waals surface area contributed by atoms with Crippen molar-refractivity contribution in [1.82, 2.24) is 4.57 Å². The van der Waals surface area contributed by atoms with Crippen molar-refractivity contribution < 1.29 is 23.4 Å². The van der Waals surface area contributed by atoms with Crippen LogP contribution in [0.15, 0.2) is 42.5 Å². The van der Waals surface area contributed by atoms with E-state index in [1.807, 2.05) is 38.1 Å². The Kier molecular flexibility index (Phi) is 5.97. The molecular weight excluding hydrogens is 412 g/mol. The van der Waals surface area contributed by atoms with Gasteiger partial charge in [-0.05, 0) is 48.2 Å². The molecule has 2 aromatic carbocycles. The molecule has 0 amide bonds. The van der Waals surface area contributed by atoms with Crippen molar-refractivity contribution >= 4 is 16.9 Å². The smallest absolute Gasteiger partial charge is 0.335 e. The van der Waals surface area contributed by atoms with Crippen molar-refractivity contribution in [3.63, 3.8) is 0 Å². The Morgan fingerprint density at radius 1 is 1.22 bits per heavy atom. The number of alkyl halides is 2. The Bertz CT molecular complexity index is 1140. The van der Waals surface area contributed by atoms with Crippen LogP contribution >= 0.6 is 0 Å². The first-order chi connectivity index (χ1) is 15.2. The van der Waals surface area contributed by atoms with Crippen molar-refractivity contribution in [2.24, 2.45) is 0 Å². The van der Waals surface area contributed by atoms with E-state index >= 15 is 0 Å². The van der Waals surface area contributed by atoms with Gasteiger partial charge in [0.15, 0.2) is 0 Å². The van der Waals surface area contributed by atoms with Gasteiger partial charge in [-0.1, -0.05) is 39.3 Å². The van der Waals surface area contributed by atoms with Crippen molar-refractivity contribution in [1.29, 1.82) is 0 Å². The molecule has 1 aromatic heterocycles. The third-order valence-corrected chi connectivity index (χ3v) is 6.16. The number of aromatic carboxylic acids is 1. The molecule has 1 fully saturated rings. The predicted molar refractivity (Wildman–Crippen MR) is 122 cm³/mol. The Morgan fingerprint density at radius 2 is 1.97 bits per heavy atom. The second-order valence-corrected chi connectivity index (χ2v) is 8.97. The topological polar surface area (TPSA) is 51.5 Å².